The first-order valence-corrected chi connectivity index (χ1v) is 10.8. The Morgan fingerprint density at radius 3 is 2.33 bits per heavy atom. The van der Waals surface area contributed by atoms with Crippen molar-refractivity contribution in [3.8, 4) is 11.1 Å². The third-order valence-corrected chi connectivity index (χ3v) is 5.74. The second-order valence-electron chi connectivity index (χ2n) is 8.08. The molecule has 7 nitrogen and oxygen atoms in total. The van der Waals surface area contributed by atoms with Crippen molar-refractivity contribution in [1.82, 2.24) is 14.8 Å². The molecule has 8 heteroatoms. The molecule has 1 aliphatic carbocycles. The highest BCUT2D eigenvalue weighted by Gasteiger charge is 2.18. The van der Waals surface area contributed by atoms with Crippen molar-refractivity contribution in [2.24, 2.45) is 0 Å². The van der Waals surface area contributed by atoms with Gasteiger partial charge >= 0.3 is 11.9 Å². The van der Waals surface area contributed by atoms with E-state index in [9.17, 15) is 14.0 Å². The monoisotopic (exact) mass is 453 g/mol. The number of hydrogen-bond donors (Lipinski definition) is 2. The molecule has 2 aromatic rings. The lowest BCUT2D eigenvalue weighted by atomic mass is 9.98. The van der Waals surface area contributed by atoms with E-state index in [0.29, 0.717) is 12.2 Å². The number of halogens is 1. The zero-order chi connectivity index (χ0) is 23.8. The molecule has 0 spiro atoms. The molecule has 1 saturated heterocycles. The summed E-state index contributed by atoms with van der Waals surface area (Å²) >= 11 is 0. The maximum atomic E-state index is 13.4. The van der Waals surface area contributed by atoms with Crippen molar-refractivity contribution in [1.29, 1.82) is 0 Å². The van der Waals surface area contributed by atoms with Crippen molar-refractivity contribution < 1.29 is 24.2 Å². The van der Waals surface area contributed by atoms with Crippen LogP contribution in [0.3, 0.4) is 0 Å². The summed E-state index contributed by atoms with van der Waals surface area (Å²) in [6, 6.07) is 9.86. The van der Waals surface area contributed by atoms with Crippen molar-refractivity contribution in [2.45, 2.75) is 12.8 Å². The highest BCUT2D eigenvalue weighted by molar-refractivity contribution is 5.89. The van der Waals surface area contributed by atoms with Crippen LogP contribution in [0.1, 0.15) is 17.5 Å². The average molecular weight is 454 g/mol. The molecule has 2 aliphatic rings. The van der Waals surface area contributed by atoms with E-state index in [1.54, 1.807) is 0 Å². The fraction of sp³-hybridized carbons (Fsp3) is 0.320. The molecule has 0 saturated carbocycles. The fourth-order valence-electron chi connectivity index (χ4n) is 3.91. The third kappa shape index (κ3) is 7.34. The van der Waals surface area contributed by atoms with E-state index >= 15 is 0 Å². The highest BCUT2D eigenvalue weighted by Crippen LogP contribution is 2.33. The molecular weight excluding hydrogens is 425 g/mol. The maximum Gasteiger partial charge on any atom is 0.328 e. The second kappa shape index (κ2) is 11.5. The van der Waals surface area contributed by atoms with Gasteiger partial charge in [0.2, 0.25) is 5.95 Å². The molecule has 0 atom stereocenters. The number of carboxylic acids is 2. The summed E-state index contributed by atoms with van der Waals surface area (Å²) in [5.41, 5.74) is 6.13. The van der Waals surface area contributed by atoms with Crippen LogP contribution in [0.5, 0.6) is 0 Å². The Labute approximate surface area is 192 Å². The van der Waals surface area contributed by atoms with Gasteiger partial charge in [0.05, 0.1) is 0 Å². The van der Waals surface area contributed by atoms with Crippen LogP contribution in [0.25, 0.3) is 16.7 Å². The van der Waals surface area contributed by atoms with Gasteiger partial charge in [0.15, 0.2) is 0 Å². The second-order valence-corrected chi connectivity index (χ2v) is 8.08. The minimum Gasteiger partial charge on any atom is -0.478 e. The molecule has 0 unspecified atom stereocenters. The van der Waals surface area contributed by atoms with Crippen LogP contribution in [0.2, 0.25) is 0 Å². The van der Waals surface area contributed by atoms with Crippen LogP contribution in [0.4, 0.5) is 4.39 Å². The first kappa shape index (κ1) is 24.3. The minimum atomic E-state index is -1.26. The van der Waals surface area contributed by atoms with E-state index in [4.69, 9.17) is 10.2 Å². The number of pyridine rings is 1. The number of hydrogen-bond acceptors (Lipinski definition) is 5. The van der Waals surface area contributed by atoms with E-state index in [-0.39, 0.29) is 0 Å². The van der Waals surface area contributed by atoms with Gasteiger partial charge in [-0.25, -0.2) is 14.6 Å². The quantitative estimate of drug-likeness (QED) is 0.513. The van der Waals surface area contributed by atoms with E-state index in [1.807, 2.05) is 6.07 Å². The number of carbonyl (C=O) groups is 2. The standard InChI is InChI=1S/C21H24FN3.C4H4O4/c1-24-10-12-25(13-11-24)9-7-16-2-3-19-14-17(4-5-20(16)19)18-6-8-23-21(22)15-18;5-3(6)1-2-4(7)8/h2,4-6,8,14-15H,3,7,9-13H2,1H3;1-2H,(H,5,6)(H,7,8)/b;2-1-. The lowest BCUT2D eigenvalue weighted by molar-refractivity contribution is -0.134. The predicted octanol–water partition coefficient (Wildman–Crippen LogP) is 3.18. The number of rotatable bonds is 6. The number of carboxylic acid groups (broad SMARTS) is 2. The molecule has 33 heavy (non-hydrogen) atoms. The van der Waals surface area contributed by atoms with E-state index < -0.39 is 17.9 Å². The summed E-state index contributed by atoms with van der Waals surface area (Å²) in [5.74, 6) is -2.94. The summed E-state index contributed by atoms with van der Waals surface area (Å²) in [7, 11) is 2.19. The number of nitrogens with zero attached hydrogens (tertiary/aromatic N) is 3. The van der Waals surface area contributed by atoms with E-state index in [1.165, 1.54) is 55.1 Å². The summed E-state index contributed by atoms with van der Waals surface area (Å²) in [5, 5.41) is 15.6. The Bertz CT molecular complexity index is 1040. The third-order valence-electron chi connectivity index (χ3n) is 5.74. The van der Waals surface area contributed by atoms with Gasteiger partial charge in [-0.05, 0) is 53.8 Å². The molecule has 0 radical (unpaired) electrons. The largest absolute Gasteiger partial charge is 0.478 e. The zero-order valence-corrected chi connectivity index (χ0v) is 18.6. The van der Waals surface area contributed by atoms with E-state index in [2.05, 4.69) is 46.1 Å². The van der Waals surface area contributed by atoms with E-state index in [0.717, 1.165) is 30.5 Å². The molecule has 2 heterocycles. The SMILES string of the molecule is CN1CCN(CCC2=CCc3cc(-c4ccnc(F)c4)ccc32)CC1.O=C(O)/C=C\C(=O)O. The van der Waals surface area contributed by atoms with Crippen molar-refractivity contribution in [3.63, 3.8) is 0 Å². The predicted molar refractivity (Wildman–Crippen MR) is 124 cm³/mol. The van der Waals surface area contributed by atoms with Gasteiger partial charge in [0.1, 0.15) is 0 Å². The Morgan fingerprint density at radius 2 is 1.70 bits per heavy atom. The summed E-state index contributed by atoms with van der Waals surface area (Å²) in [6.07, 6.45) is 7.09. The number of allylic oxidation sites excluding steroid dienone is 1. The number of aliphatic carboxylic acids is 2. The van der Waals surface area contributed by atoms with Gasteiger partial charge in [-0.3, -0.25) is 0 Å². The van der Waals surface area contributed by atoms with Crippen LogP contribution < -0.4 is 0 Å². The average Bonchev–Trinajstić information content (AvgIpc) is 3.20. The molecular formula is C25H28FN3O4. The Balaban J connectivity index is 0.000000331. The number of likely N-dealkylation sites (N-methyl/N-ethyl adjacent to an activating group) is 1. The van der Waals surface area contributed by atoms with Gasteiger partial charge in [-0.2, -0.15) is 4.39 Å². The molecule has 0 bridgehead atoms. The maximum absolute atomic E-state index is 13.4. The summed E-state index contributed by atoms with van der Waals surface area (Å²) in [4.78, 5) is 27.7. The molecule has 1 fully saturated rings. The van der Waals surface area contributed by atoms with Crippen LogP contribution in [0, 0.1) is 5.95 Å². The first-order chi connectivity index (χ1) is 15.8. The highest BCUT2D eigenvalue weighted by atomic mass is 19.1. The lowest BCUT2D eigenvalue weighted by Crippen LogP contribution is -2.44. The van der Waals surface area contributed by atoms with Crippen molar-refractivity contribution >= 4 is 17.5 Å². The van der Waals surface area contributed by atoms with Gasteiger partial charge in [0.25, 0.3) is 0 Å². The van der Waals surface area contributed by atoms with Crippen LogP contribution in [0.15, 0.2) is 54.8 Å². The van der Waals surface area contributed by atoms with Crippen LogP contribution in [-0.4, -0.2) is 76.7 Å². The topological polar surface area (TPSA) is 94.0 Å². The Kier molecular flexibility index (Phi) is 8.46. The molecule has 1 aliphatic heterocycles. The summed E-state index contributed by atoms with van der Waals surface area (Å²) < 4.78 is 13.4. The van der Waals surface area contributed by atoms with Crippen molar-refractivity contribution in [3.05, 3.63) is 71.8 Å². The molecule has 2 N–H and O–H groups in total. The Morgan fingerprint density at radius 1 is 1.03 bits per heavy atom. The van der Waals surface area contributed by atoms with Crippen LogP contribution in [-0.2, 0) is 16.0 Å². The zero-order valence-electron chi connectivity index (χ0n) is 18.6. The number of piperazine rings is 1. The smallest absolute Gasteiger partial charge is 0.328 e. The van der Waals surface area contributed by atoms with Gasteiger partial charge in [0, 0.05) is 57.1 Å². The molecule has 1 aromatic heterocycles. The van der Waals surface area contributed by atoms with Gasteiger partial charge < -0.3 is 20.0 Å². The van der Waals surface area contributed by atoms with Crippen molar-refractivity contribution in [2.75, 3.05) is 39.8 Å². The number of benzene rings is 1. The Hall–Kier alpha value is -3.36. The van der Waals surface area contributed by atoms with Gasteiger partial charge in [-0.15, -0.1) is 0 Å². The molecule has 1 aromatic carbocycles. The summed E-state index contributed by atoms with van der Waals surface area (Å²) in [6.45, 7) is 5.81. The van der Waals surface area contributed by atoms with Gasteiger partial charge in [-0.1, -0.05) is 24.3 Å². The molecule has 174 valence electrons. The molecule has 4 rings (SSSR count). The number of fused-ring (bicyclic) bond motifs is 1. The minimum absolute atomic E-state index is 0.427. The lowest BCUT2D eigenvalue weighted by Gasteiger charge is -2.32. The molecule has 0 amide bonds. The first-order valence-electron chi connectivity index (χ1n) is 10.8. The normalized spacial score (nSPS) is 16.1. The number of aromatic nitrogens is 1. The van der Waals surface area contributed by atoms with Crippen LogP contribution >= 0.6 is 0 Å². The fourth-order valence-corrected chi connectivity index (χ4v) is 3.91.